The fourth-order valence-electron chi connectivity index (χ4n) is 3.23. The van der Waals surface area contributed by atoms with E-state index in [4.69, 9.17) is 4.74 Å². The zero-order valence-electron chi connectivity index (χ0n) is 18.9. The Morgan fingerprint density at radius 1 is 0.844 bits per heavy atom. The van der Waals surface area contributed by atoms with Crippen molar-refractivity contribution in [2.24, 2.45) is 0 Å². The number of nitrogens with one attached hydrogen (secondary N) is 2. The first kappa shape index (κ1) is 23.0. The minimum absolute atomic E-state index is 0.103. The van der Waals surface area contributed by atoms with Crippen molar-refractivity contribution in [1.82, 2.24) is 4.90 Å². The summed E-state index contributed by atoms with van der Waals surface area (Å²) in [6.45, 7) is 5.79. The van der Waals surface area contributed by atoms with Crippen LogP contribution in [0.4, 0.5) is 11.4 Å². The van der Waals surface area contributed by atoms with Gasteiger partial charge in [-0.05, 0) is 75.3 Å². The molecule has 0 aliphatic rings. The second-order valence-corrected chi connectivity index (χ2v) is 7.83. The van der Waals surface area contributed by atoms with E-state index in [2.05, 4.69) is 10.6 Å². The minimum Gasteiger partial charge on any atom is -0.457 e. The Labute approximate surface area is 189 Å². The summed E-state index contributed by atoms with van der Waals surface area (Å²) in [6, 6.07) is 22.1. The molecule has 2 N–H and O–H groups in total. The summed E-state index contributed by atoms with van der Waals surface area (Å²) in [6.07, 6.45) is 0. The van der Waals surface area contributed by atoms with E-state index in [9.17, 15) is 9.59 Å². The number of likely N-dealkylation sites (N-methyl/N-ethyl adjacent to an activating group) is 1. The molecule has 0 fully saturated rings. The Balaban J connectivity index is 1.52. The first-order valence-corrected chi connectivity index (χ1v) is 10.5. The molecule has 2 amide bonds. The van der Waals surface area contributed by atoms with Crippen LogP contribution in [0.2, 0.25) is 0 Å². The van der Waals surface area contributed by atoms with E-state index >= 15 is 0 Å². The lowest BCUT2D eigenvalue weighted by Gasteiger charge is -2.23. The van der Waals surface area contributed by atoms with Gasteiger partial charge in [-0.25, -0.2) is 0 Å². The fraction of sp³-hybridized carbons (Fsp3) is 0.231. The second-order valence-electron chi connectivity index (χ2n) is 7.83. The maximum Gasteiger partial charge on any atom is 0.241 e. The maximum atomic E-state index is 12.7. The van der Waals surface area contributed by atoms with E-state index in [1.807, 2.05) is 62.4 Å². The van der Waals surface area contributed by atoms with Crippen molar-refractivity contribution in [2.45, 2.75) is 26.8 Å². The standard InChI is InChI=1S/C26H29N3O3/c1-18-9-8-10-19(2)25(18)28-24(30)17-29(4)20(3)26(31)27-21-13-15-23(16-14-21)32-22-11-6-5-7-12-22/h5-16,20H,17H2,1-4H3,(H,27,31)(H,28,30)/t20-/m1/s1. The van der Waals surface area contributed by atoms with E-state index < -0.39 is 6.04 Å². The average Bonchev–Trinajstić information content (AvgIpc) is 2.78. The van der Waals surface area contributed by atoms with Gasteiger partial charge in [-0.2, -0.15) is 0 Å². The second kappa shape index (κ2) is 10.6. The minimum atomic E-state index is -0.487. The van der Waals surface area contributed by atoms with Crippen molar-refractivity contribution in [3.8, 4) is 11.5 Å². The summed E-state index contributed by atoms with van der Waals surface area (Å²) in [5.74, 6) is 1.08. The van der Waals surface area contributed by atoms with E-state index in [-0.39, 0.29) is 18.4 Å². The van der Waals surface area contributed by atoms with Crippen LogP contribution in [0.25, 0.3) is 0 Å². The Kier molecular flexibility index (Phi) is 7.63. The molecule has 32 heavy (non-hydrogen) atoms. The predicted molar refractivity (Wildman–Crippen MR) is 128 cm³/mol. The molecule has 0 heterocycles. The van der Waals surface area contributed by atoms with Gasteiger partial charge in [0.25, 0.3) is 0 Å². The number of anilines is 2. The van der Waals surface area contributed by atoms with Gasteiger partial charge in [0.05, 0.1) is 12.6 Å². The molecule has 3 aromatic carbocycles. The van der Waals surface area contributed by atoms with Gasteiger partial charge in [0.2, 0.25) is 11.8 Å². The van der Waals surface area contributed by atoms with E-state index in [1.54, 1.807) is 43.1 Å². The quantitative estimate of drug-likeness (QED) is 0.527. The number of rotatable bonds is 8. The first-order valence-electron chi connectivity index (χ1n) is 10.5. The van der Waals surface area contributed by atoms with E-state index in [0.29, 0.717) is 11.4 Å². The number of hydrogen-bond acceptors (Lipinski definition) is 4. The Morgan fingerprint density at radius 2 is 1.44 bits per heavy atom. The highest BCUT2D eigenvalue weighted by Gasteiger charge is 2.21. The molecular formula is C26H29N3O3. The molecule has 1 atom stereocenters. The topological polar surface area (TPSA) is 70.7 Å². The molecule has 0 radical (unpaired) electrons. The number of nitrogens with zero attached hydrogens (tertiary/aromatic N) is 1. The van der Waals surface area contributed by atoms with Crippen LogP contribution in [0.1, 0.15) is 18.1 Å². The number of aryl methyl sites for hydroxylation is 2. The van der Waals surface area contributed by atoms with Gasteiger partial charge in [0.1, 0.15) is 11.5 Å². The van der Waals surface area contributed by atoms with Crippen molar-refractivity contribution >= 4 is 23.2 Å². The molecule has 0 bridgehead atoms. The Hall–Kier alpha value is -3.64. The van der Waals surface area contributed by atoms with Crippen LogP contribution in [0.15, 0.2) is 72.8 Å². The lowest BCUT2D eigenvalue weighted by atomic mass is 10.1. The molecular weight excluding hydrogens is 402 g/mol. The number of carbonyl (C=O) groups excluding carboxylic acids is 2. The summed E-state index contributed by atoms with van der Waals surface area (Å²) in [7, 11) is 1.76. The summed E-state index contributed by atoms with van der Waals surface area (Å²) in [5, 5.41) is 5.84. The summed E-state index contributed by atoms with van der Waals surface area (Å²) in [4.78, 5) is 26.9. The number of ether oxygens (including phenoxy) is 1. The molecule has 0 unspecified atom stereocenters. The van der Waals surface area contributed by atoms with Crippen LogP contribution in [0, 0.1) is 13.8 Å². The normalized spacial score (nSPS) is 11.7. The summed E-state index contributed by atoms with van der Waals surface area (Å²) < 4.78 is 5.77. The number of hydrogen-bond donors (Lipinski definition) is 2. The molecule has 0 aliphatic carbocycles. The van der Waals surface area contributed by atoms with Crippen LogP contribution >= 0.6 is 0 Å². The van der Waals surface area contributed by atoms with Gasteiger partial charge in [0.15, 0.2) is 0 Å². The highest BCUT2D eigenvalue weighted by Crippen LogP contribution is 2.23. The van der Waals surface area contributed by atoms with Gasteiger partial charge in [-0.3, -0.25) is 14.5 Å². The molecule has 6 nitrogen and oxygen atoms in total. The smallest absolute Gasteiger partial charge is 0.241 e. The largest absolute Gasteiger partial charge is 0.457 e. The van der Waals surface area contributed by atoms with Crippen LogP contribution in [-0.4, -0.2) is 36.3 Å². The molecule has 6 heteroatoms. The Bertz CT molecular complexity index is 1050. The highest BCUT2D eigenvalue weighted by molar-refractivity contribution is 5.96. The van der Waals surface area contributed by atoms with Gasteiger partial charge in [-0.1, -0.05) is 36.4 Å². The average molecular weight is 432 g/mol. The first-order chi connectivity index (χ1) is 15.3. The zero-order chi connectivity index (χ0) is 23.1. The van der Waals surface area contributed by atoms with Crippen molar-refractivity contribution in [3.05, 3.63) is 83.9 Å². The number of carbonyl (C=O) groups is 2. The number of amides is 2. The monoisotopic (exact) mass is 431 g/mol. The van der Waals surface area contributed by atoms with E-state index in [0.717, 1.165) is 22.6 Å². The van der Waals surface area contributed by atoms with Crippen molar-refractivity contribution in [3.63, 3.8) is 0 Å². The van der Waals surface area contributed by atoms with Crippen LogP contribution in [0.5, 0.6) is 11.5 Å². The van der Waals surface area contributed by atoms with Gasteiger partial charge < -0.3 is 15.4 Å². The number of para-hydroxylation sites is 2. The summed E-state index contributed by atoms with van der Waals surface area (Å²) in [5.41, 5.74) is 3.49. The highest BCUT2D eigenvalue weighted by atomic mass is 16.5. The SMILES string of the molecule is Cc1cccc(C)c1NC(=O)CN(C)[C@H](C)C(=O)Nc1ccc(Oc2ccccc2)cc1. The van der Waals surface area contributed by atoms with Gasteiger partial charge in [0, 0.05) is 11.4 Å². The van der Waals surface area contributed by atoms with Crippen LogP contribution < -0.4 is 15.4 Å². The molecule has 0 aliphatic heterocycles. The number of benzene rings is 3. The molecule has 0 aromatic heterocycles. The molecule has 3 rings (SSSR count). The lowest BCUT2D eigenvalue weighted by molar-refractivity contribution is -0.122. The van der Waals surface area contributed by atoms with Crippen molar-refractivity contribution < 1.29 is 14.3 Å². The maximum absolute atomic E-state index is 12.7. The third-order valence-corrected chi connectivity index (χ3v) is 5.28. The van der Waals surface area contributed by atoms with E-state index in [1.165, 1.54) is 0 Å². The lowest BCUT2D eigenvalue weighted by Crippen LogP contribution is -2.43. The summed E-state index contributed by atoms with van der Waals surface area (Å²) >= 11 is 0. The van der Waals surface area contributed by atoms with Crippen LogP contribution in [0.3, 0.4) is 0 Å². The molecule has 0 spiro atoms. The van der Waals surface area contributed by atoms with Gasteiger partial charge in [-0.15, -0.1) is 0 Å². The molecule has 3 aromatic rings. The fourth-order valence-corrected chi connectivity index (χ4v) is 3.23. The van der Waals surface area contributed by atoms with Crippen molar-refractivity contribution in [2.75, 3.05) is 24.2 Å². The zero-order valence-corrected chi connectivity index (χ0v) is 18.9. The third-order valence-electron chi connectivity index (χ3n) is 5.28. The Morgan fingerprint density at radius 3 is 2.06 bits per heavy atom. The predicted octanol–water partition coefficient (Wildman–Crippen LogP) is 4.99. The molecule has 0 saturated heterocycles. The van der Waals surface area contributed by atoms with Gasteiger partial charge >= 0.3 is 0 Å². The molecule has 166 valence electrons. The van der Waals surface area contributed by atoms with Crippen LogP contribution in [-0.2, 0) is 9.59 Å². The van der Waals surface area contributed by atoms with Crippen molar-refractivity contribution in [1.29, 1.82) is 0 Å². The molecule has 0 saturated carbocycles. The third kappa shape index (κ3) is 6.18.